The number of unbranched alkanes of at least 4 members (excludes halogenated alkanes) is 6. The molecule has 1 aliphatic heterocycles. The summed E-state index contributed by atoms with van der Waals surface area (Å²) in [6.45, 7) is 5.95. The smallest absolute Gasteiger partial charge is 0.306 e. The zero-order chi connectivity index (χ0) is 23.1. The van der Waals surface area contributed by atoms with Crippen LogP contribution in [0.15, 0.2) is 0 Å². The summed E-state index contributed by atoms with van der Waals surface area (Å²) in [6, 6.07) is 0. The van der Waals surface area contributed by atoms with Gasteiger partial charge in [-0.25, -0.2) is 0 Å². The highest BCUT2D eigenvalue weighted by Gasteiger charge is 2.46. The lowest BCUT2D eigenvalue weighted by atomic mass is 10.0. The van der Waals surface area contributed by atoms with Crippen LogP contribution in [0.4, 0.5) is 0 Å². The Morgan fingerprint density at radius 1 is 0.710 bits per heavy atom. The minimum atomic E-state index is -1.46. The molecule has 31 heavy (non-hydrogen) atoms. The lowest BCUT2D eigenvalue weighted by Crippen LogP contribution is -2.57. The first kappa shape index (κ1) is 27.4. The Hall–Kier alpha value is -1.67. The molecule has 0 bridgehead atoms. The van der Waals surface area contributed by atoms with Gasteiger partial charge in [0.05, 0.1) is 6.61 Å². The number of esters is 3. The van der Waals surface area contributed by atoms with Crippen LogP contribution >= 0.6 is 0 Å². The number of rotatable bonds is 15. The number of aliphatic hydroxyl groups is 1. The Kier molecular flexibility index (Phi) is 14.2. The molecule has 1 fully saturated rings. The predicted octanol–water partition coefficient (Wildman–Crippen LogP) is 3.81. The highest BCUT2D eigenvalue weighted by Crippen LogP contribution is 2.25. The molecule has 1 aliphatic rings. The second-order valence-corrected chi connectivity index (χ2v) is 8.03. The summed E-state index contributed by atoms with van der Waals surface area (Å²) in [5.41, 5.74) is 0. The third-order valence-electron chi connectivity index (χ3n) is 5.17. The van der Waals surface area contributed by atoms with Crippen molar-refractivity contribution < 1.29 is 38.4 Å². The van der Waals surface area contributed by atoms with E-state index >= 15 is 0 Å². The van der Waals surface area contributed by atoms with Crippen LogP contribution in [0.3, 0.4) is 0 Å². The van der Waals surface area contributed by atoms with Gasteiger partial charge in [0.2, 0.25) is 0 Å². The molecule has 0 aromatic heterocycles. The van der Waals surface area contributed by atoms with Gasteiger partial charge in [0.15, 0.2) is 24.6 Å². The minimum absolute atomic E-state index is 0.141. The van der Waals surface area contributed by atoms with Gasteiger partial charge in [-0.05, 0) is 19.3 Å². The second-order valence-electron chi connectivity index (χ2n) is 8.03. The lowest BCUT2D eigenvalue weighted by molar-refractivity contribution is -0.268. The summed E-state index contributed by atoms with van der Waals surface area (Å²) in [7, 11) is 0. The van der Waals surface area contributed by atoms with Crippen LogP contribution in [0.25, 0.3) is 0 Å². The largest absolute Gasteiger partial charge is 0.456 e. The minimum Gasteiger partial charge on any atom is -0.456 e. The van der Waals surface area contributed by atoms with Gasteiger partial charge in [0, 0.05) is 19.3 Å². The van der Waals surface area contributed by atoms with Crippen molar-refractivity contribution in [3.05, 3.63) is 0 Å². The lowest BCUT2D eigenvalue weighted by Gasteiger charge is -2.38. The van der Waals surface area contributed by atoms with Crippen molar-refractivity contribution in [2.45, 2.75) is 122 Å². The van der Waals surface area contributed by atoms with E-state index in [1.807, 2.05) is 20.8 Å². The standard InChI is InChI=1S/C23H40O8/c1-4-7-10-13-18(24)29-17-16-28-23(27)22(31-20(26)15-12-9-6-3)21(17)30-19(25)14-11-8-5-2/h17,21-23,27H,4-16H2,1-3H3. The second kappa shape index (κ2) is 16.0. The number of carbonyl (C=O) groups excluding carboxylic acids is 3. The van der Waals surface area contributed by atoms with Crippen LogP contribution in [0.2, 0.25) is 0 Å². The molecule has 0 aliphatic carbocycles. The van der Waals surface area contributed by atoms with Crippen LogP contribution in [-0.2, 0) is 33.3 Å². The number of hydrogen-bond donors (Lipinski definition) is 1. The van der Waals surface area contributed by atoms with E-state index in [1.165, 1.54) is 0 Å². The normalized spacial score (nSPS) is 23.2. The number of ether oxygens (including phenoxy) is 4. The van der Waals surface area contributed by atoms with E-state index in [0.29, 0.717) is 19.3 Å². The van der Waals surface area contributed by atoms with Gasteiger partial charge in [-0.15, -0.1) is 0 Å². The molecule has 0 radical (unpaired) electrons. The molecule has 180 valence electrons. The Morgan fingerprint density at radius 2 is 1.13 bits per heavy atom. The maximum atomic E-state index is 12.4. The Bertz CT molecular complexity index is 536. The highest BCUT2D eigenvalue weighted by atomic mass is 16.7. The average molecular weight is 445 g/mol. The van der Waals surface area contributed by atoms with Crippen molar-refractivity contribution in [2.24, 2.45) is 0 Å². The molecular formula is C23H40O8. The monoisotopic (exact) mass is 444 g/mol. The van der Waals surface area contributed by atoms with Crippen LogP contribution in [0.1, 0.15) is 97.8 Å². The van der Waals surface area contributed by atoms with Crippen LogP contribution in [0.5, 0.6) is 0 Å². The SMILES string of the molecule is CCCCCC(=O)OC1COC(O)C(OC(=O)CCCCC)C1OC(=O)CCCCC. The fourth-order valence-corrected chi connectivity index (χ4v) is 3.33. The van der Waals surface area contributed by atoms with Gasteiger partial charge >= 0.3 is 17.9 Å². The molecular weight excluding hydrogens is 404 g/mol. The Labute approximate surface area is 185 Å². The number of hydrogen-bond acceptors (Lipinski definition) is 8. The maximum absolute atomic E-state index is 12.4. The first-order chi connectivity index (χ1) is 14.9. The molecule has 0 aromatic carbocycles. The van der Waals surface area contributed by atoms with Crippen LogP contribution in [0, 0.1) is 0 Å². The third kappa shape index (κ3) is 11.0. The molecule has 4 unspecified atom stereocenters. The van der Waals surface area contributed by atoms with Crippen molar-refractivity contribution >= 4 is 17.9 Å². The van der Waals surface area contributed by atoms with E-state index < -0.39 is 42.5 Å². The molecule has 1 saturated heterocycles. The first-order valence-electron chi connectivity index (χ1n) is 11.8. The van der Waals surface area contributed by atoms with Crippen molar-refractivity contribution in [1.82, 2.24) is 0 Å². The molecule has 0 spiro atoms. The molecule has 4 atom stereocenters. The fourth-order valence-electron chi connectivity index (χ4n) is 3.33. The summed E-state index contributed by atoms with van der Waals surface area (Å²) >= 11 is 0. The number of aliphatic hydroxyl groups excluding tert-OH is 1. The van der Waals surface area contributed by atoms with Crippen LogP contribution < -0.4 is 0 Å². The molecule has 1 rings (SSSR count). The van der Waals surface area contributed by atoms with E-state index in [-0.39, 0.29) is 25.9 Å². The molecule has 0 saturated carbocycles. The third-order valence-corrected chi connectivity index (χ3v) is 5.17. The van der Waals surface area contributed by atoms with Gasteiger partial charge in [0.25, 0.3) is 0 Å². The van der Waals surface area contributed by atoms with Crippen molar-refractivity contribution in [3.63, 3.8) is 0 Å². The molecule has 8 nitrogen and oxygen atoms in total. The van der Waals surface area contributed by atoms with Gasteiger partial charge in [-0.1, -0.05) is 59.3 Å². The van der Waals surface area contributed by atoms with Crippen molar-refractivity contribution in [2.75, 3.05) is 6.61 Å². The molecule has 1 heterocycles. The summed E-state index contributed by atoms with van der Waals surface area (Å²) in [5, 5.41) is 10.3. The summed E-state index contributed by atoms with van der Waals surface area (Å²) in [6.07, 6.45) is 3.47. The Morgan fingerprint density at radius 3 is 1.58 bits per heavy atom. The maximum Gasteiger partial charge on any atom is 0.306 e. The van der Waals surface area contributed by atoms with Gasteiger partial charge in [-0.2, -0.15) is 0 Å². The van der Waals surface area contributed by atoms with E-state index in [0.717, 1.165) is 38.5 Å². The number of carbonyl (C=O) groups is 3. The zero-order valence-corrected chi connectivity index (χ0v) is 19.3. The molecule has 0 amide bonds. The van der Waals surface area contributed by atoms with Gasteiger partial charge < -0.3 is 24.1 Å². The summed E-state index contributed by atoms with van der Waals surface area (Å²) < 4.78 is 21.7. The predicted molar refractivity (Wildman–Crippen MR) is 114 cm³/mol. The van der Waals surface area contributed by atoms with E-state index in [9.17, 15) is 19.5 Å². The topological polar surface area (TPSA) is 108 Å². The van der Waals surface area contributed by atoms with E-state index in [2.05, 4.69) is 0 Å². The summed E-state index contributed by atoms with van der Waals surface area (Å²) in [4.78, 5) is 36.8. The first-order valence-corrected chi connectivity index (χ1v) is 11.8. The van der Waals surface area contributed by atoms with E-state index in [4.69, 9.17) is 18.9 Å². The average Bonchev–Trinajstić information content (AvgIpc) is 2.73. The van der Waals surface area contributed by atoms with Gasteiger partial charge in [0.1, 0.15) is 0 Å². The van der Waals surface area contributed by atoms with E-state index in [1.54, 1.807) is 0 Å². The molecule has 0 aromatic rings. The van der Waals surface area contributed by atoms with Crippen molar-refractivity contribution in [3.8, 4) is 0 Å². The van der Waals surface area contributed by atoms with Crippen molar-refractivity contribution in [1.29, 1.82) is 0 Å². The molecule has 8 heteroatoms. The van der Waals surface area contributed by atoms with Gasteiger partial charge in [-0.3, -0.25) is 14.4 Å². The zero-order valence-electron chi connectivity index (χ0n) is 19.3. The van der Waals surface area contributed by atoms with Crippen LogP contribution in [-0.4, -0.2) is 54.2 Å². The quantitative estimate of drug-likeness (QED) is 0.231. The Balaban J connectivity index is 2.83. The highest BCUT2D eigenvalue weighted by molar-refractivity contribution is 5.71. The molecule has 1 N–H and O–H groups in total. The fraction of sp³-hybridized carbons (Fsp3) is 0.870. The summed E-state index contributed by atoms with van der Waals surface area (Å²) in [5.74, 6) is -1.42.